The van der Waals surface area contributed by atoms with Crippen molar-refractivity contribution in [1.82, 2.24) is 9.80 Å². The van der Waals surface area contributed by atoms with Gasteiger partial charge in [-0.25, -0.2) is 0 Å². The number of aliphatic hydroxyl groups excluding tert-OH is 10. The largest absolute Gasteiger partial charge is 0.394 e. The van der Waals surface area contributed by atoms with Crippen LogP contribution in [0.2, 0.25) is 0 Å². The summed E-state index contributed by atoms with van der Waals surface area (Å²) in [4.78, 5) is 4.00. The molecular weight excluding hydrogens is 560 g/mol. The average molecular weight is 627 g/mol. The van der Waals surface area contributed by atoms with Gasteiger partial charge >= 0.3 is 0 Å². The zero-order valence-corrected chi connectivity index (χ0v) is 26.8. The highest BCUT2D eigenvalue weighted by Crippen LogP contribution is 2.13. The van der Waals surface area contributed by atoms with E-state index in [2.05, 4.69) is 13.8 Å². The Hall–Kier alpha value is -0.480. The third kappa shape index (κ3) is 19.6. The van der Waals surface area contributed by atoms with Crippen LogP contribution in [0.4, 0.5) is 0 Å². The van der Waals surface area contributed by atoms with Crippen LogP contribution in [0.3, 0.4) is 0 Å². The Balaban J connectivity index is 5.26. The topological polar surface area (TPSA) is 209 Å². The van der Waals surface area contributed by atoms with E-state index in [9.17, 15) is 40.9 Å². The van der Waals surface area contributed by atoms with Gasteiger partial charge in [0.05, 0.1) is 25.4 Å². The molecule has 10 N–H and O–H groups in total. The Labute approximate surface area is 259 Å². The van der Waals surface area contributed by atoms with E-state index in [1.165, 1.54) is 12.8 Å². The number of hydrogen-bond acceptors (Lipinski definition) is 12. The molecule has 260 valence electrons. The molecule has 0 amide bonds. The van der Waals surface area contributed by atoms with Gasteiger partial charge in [-0.3, -0.25) is 0 Å². The highest BCUT2D eigenvalue weighted by atomic mass is 16.4. The molecule has 0 fully saturated rings. The molecule has 0 aromatic rings. The summed E-state index contributed by atoms with van der Waals surface area (Å²) in [6.07, 6.45) is 1.26. The molecular formula is C31H66N2O10. The number of aliphatic hydroxyl groups is 10. The minimum Gasteiger partial charge on any atom is -0.394 e. The van der Waals surface area contributed by atoms with E-state index in [4.69, 9.17) is 10.2 Å². The van der Waals surface area contributed by atoms with Crippen molar-refractivity contribution in [2.24, 2.45) is 0 Å². The fraction of sp³-hybridized carbons (Fsp3) is 1.00. The normalized spacial score (nSPS) is 18.0. The maximum absolute atomic E-state index is 10.6. The lowest BCUT2D eigenvalue weighted by Crippen LogP contribution is -2.50. The molecule has 0 rings (SSSR count). The summed E-state index contributed by atoms with van der Waals surface area (Å²) in [7, 11) is 0. The molecule has 0 aromatic carbocycles. The molecule has 8 unspecified atom stereocenters. The third-order valence-electron chi connectivity index (χ3n) is 8.15. The molecule has 12 nitrogen and oxygen atoms in total. The molecule has 12 heteroatoms. The SMILES string of the molecule is CCCCCCCCN(CCCN(CCCCCCCC)CC(O)C(O)C(O)C(O)CO)CC(O)C(O)C(O)C(O)CO. The van der Waals surface area contributed by atoms with Crippen molar-refractivity contribution in [3.05, 3.63) is 0 Å². The first kappa shape index (κ1) is 42.5. The van der Waals surface area contributed by atoms with Crippen molar-refractivity contribution in [2.45, 2.75) is 146 Å². The van der Waals surface area contributed by atoms with E-state index in [0.717, 1.165) is 64.2 Å². The van der Waals surface area contributed by atoms with Crippen molar-refractivity contribution in [3.63, 3.8) is 0 Å². The standard InChI is InChI=1S/C31H66N2O10/c1-3-5-7-9-11-13-16-32(20-24(36)28(40)30(42)26(38)22-34)18-15-19-33(17-14-12-10-8-6-4-2)21-25(37)29(41)31(43)27(39)23-35/h24-31,34-43H,3-23H2,1-2H3. The number of unbranched alkanes of at least 4 members (excludes halogenated alkanes) is 10. The first-order valence-electron chi connectivity index (χ1n) is 16.6. The first-order valence-corrected chi connectivity index (χ1v) is 16.6. The summed E-state index contributed by atoms with van der Waals surface area (Å²) < 4.78 is 0. The molecule has 0 aliphatic carbocycles. The van der Waals surface area contributed by atoms with Crippen molar-refractivity contribution in [1.29, 1.82) is 0 Å². The fourth-order valence-electron chi connectivity index (χ4n) is 5.21. The van der Waals surface area contributed by atoms with Crippen LogP contribution in [-0.4, -0.2) is 162 Å². The van der Waals surface area contributed by atoms with Gasteiger partial charge in [0.2, 0.25) is 0 Å². The summed E-state index contributed by atoms with van der Waals surface area (Å²) in [5.74, 6) is 0. The zero-order chi connectivity index (χ0) is 32.6. The molecule has 0 bridgehead atoms. The second kappa shape index (κ2) is 26.7. The highest BCUT2D eigenvalue weighted by molar-refractivity contribution is 4.84. The lowest BCUT2D eigenvalue weighted by atomic mass is 10.0. The molecule has 0 aliphatic rings. The minimum absolute atomic E-state index is 0.0648. The van der Waals surface area contributed by atoms with E-state index in [1.54, 1.807) is 0 Å². The lowest BCUT2D eigenvalue weighted by Gasteiger charge is -2.32. The van der Waals surface area contributed by atoms with Crippen molar-refractivity contribution in [2.75, 3.05) is 52.5 Å². The number of rotatable bonds is 30. The summed E-state index contributed by atoms with van der Waals surface area (Å²) in [5, 5.41) is 99.5. The smallest absolute Gasteiger partial charge is 0.111 e. The molecule has 0 saturated heterocycles. The first-order chi connectivity index (χ1) is 20.5. The maximum Gasteiger partial charge on any atom is 0.111 e. The van der Waals surface area contributed by atoms with Gasteiger partial charge in [-0.15, -0.1) is 0 Å². The molecule has 43 heavy (non-hydrogen) atoms. The molecule has 0 radical (unpaired) electrons. The van der Waals surface area contributed by atoms with Crippen LogP contribution in [0.5, 0.6) is 0 Å². The second-order valence-electron chi connectivity index (χ2n) is 12.1. The van der Waals surface area contributed by atoms with E-state index >= 15 is 0 Å². The van der Waals surface area contributed by atoms with Gasteiger partial charge < -0.3 is 60.9 Å². The van der Waals surface area contributed by atoms with Crippen LogP contribution in [0.1, 0.15) is 97.3 Å². The molecule has 0 heterocycles. The predicted octanol–water partition coefficient (Wildman–Crippen LogP) is -0.427. The quantitative estimate of drug-likeness (QED) is 0.0461. The predicted molar refractivity (Wildman–Crippen MR) is 166 cm³/mol. The van der Waals surface area contributed by atoms with Gasteiger partial charge in [0, 0.05) is 13.1 Å². The van der Waals surface area contributed by atoms with Gasteiger partial charge in [-0.05, 0) is 45.4 Å². The van der Waals surface area contributed by atoms with E-state index in [0.29, 0.717) is 32.6 Å². The minimum atomic E-state index is -1.68. The van der Waals surface area contributed by atoms with Gasteiger partial charge in [-0.2, -0.15) is 0 Å². The van der Waals surface area contributed by atoms with Crippen LogP contribution >= 0.6 is 0 Å². The van der Waals surface area contributed by atoms with Crippen LogP contribution in [0.15, 0.2) is 0 Å². The van der Waals surface area contributed by atoms with Crippen LogP contribution < -0.4 is 0 Å². The monoisotopic (exact) mass is 626 g/mol. The number of nitrogens with zero attached hydrogens (tertiary/aromatic N) is 2. The van der Waals surface area contributed by atoms with E-state index in [1.807, 2.05) is 9.80 Å². The van der Waals surface area contributed by atoms with Crippen LogP contribution in [0, 0.1) is 0 Å². The summed E-state index contributed by atoms with van der Waals surface area (Å²) in [6, 6.07) is 0. The van der Waals surface area contributed by atoms with E-state index < -0.39 is 62.0 Å². The van der Waals surface area contributed by atoms with Gasteiger partial charge in [-0.1, -0.05) is 78.1 Å². The Kier molecular flexibility index (Phi) is 26.4. The zero-order valence-electron chi connectivity index (χ0n) is 26.8. The Morgan fingerprint density at radius 1 is 0.372 bits per heavy atom. The van der Waals surface area contributed by atoms with Gasteiger partial charge in [0.15, 0.2) is 0 Å². The van der Waals surface area contributed by atoms with Gasteiger partial charge in [0.25, 0.3) is 0 Å². The summed E-state index contributed by atoms with van der Waals surface area (Å²) in [6.45, 7) is 5.40. The van der Waals surface area contributed by atoms with Gasteiger partial charge in [0.1, 0.15) is 36.6 Å². The second-order valence-corrected chi connectivity index (χ2v) is 12.1. The van der Waals surface area contributed by atoms with E-state index in [-0.39, 0.29) is 13.1 Å². The molecule has 0 aliphatic heterocycles. The number of hydrogen-bond donors (Lipinski definition) is 10. The Morgan fingerprint density at radius 2 is 0.651 bits per heavy atom. The fourth-order valence-corrected chi connectivity index (χ4v) is 5.21. The lowest BCUT2D eigenvalue weighted by molar-refractivity contribution is -0.120. The molecule has 0 aromatic heterocycles. The summed E-state index contributed by atoms with van der Waals surface area (Å²) in [5.41, 5.74) is 0. The molecule has 0 saturated carbocycles. The maximum atomic E-state index is 10.6. The average Bonchev–Trinajstić information content (AvgIpc) is 3.01. The van der Waals surface area contributed by atoms with Crippen LogP contribution in [-0.2, 0) is 0 Å². The summed E-state index contributed by atoms with van der Waals surface area (Å²) >= 11 is 0. The molecule has 8 atom stereocenters. The molecule has 0 spiro atoms. The third-order valence-corrected chi connectivity index (χ3v) is 8.15. The van der Waals surface area contributed by atoms with Crippen molar-refractivity contribution >= 4 is 0 Å². The van der Waals surface area contributed by atoms with Crippen molar-refractivity contribution < 1.29 is 51.1 Å². The van der Waals surface area contributed by atoms with Crippen LogP contribution in [0.25, 0.3) is 0 Å². The van der Waals surface area contributed by atoms with Crippen molar-refractivity contribution in [3.8, 4) is 0 Å². The highest BCUT2D eigenvalue weighted by Gasteiger charge is 2.32. The Bertz CT molecular complexity index is 573. The Morgan fingerprint density at radius 3 is 0.977 bits per heavy atom.